The van der Waals surface area contributed by atoms with E-state index < -0.39 is 5.60 Å². The van der Waals surface area contributed by atoms with E-state index in [0.29, 0.717) is 19.6 Å². The van der Waals surface area contributed by atoms with Gasteiger partial charge in [-0.15, -0.1) is 0 Å². The number of hydrogen-bond donors (Lipinski definition) is 1. The molecule has 0 bridgehead atoms. The molecule has 1 fully saturated rings. The second kappa shape index (κ2) is 6.32. The highest BCUT2D eigenvalue weighted by molar-refractivity contribution is 5.84. The van der Waals surface area contributed by atoms with Gasteiger partial charge in [0.1, 0.15) is 11.4 Å². The molecule has 1 aliphatic carbocycles. The van der Waals surface area contributed by atoms with Crippen LogP contribution in [0.2, 0.25) is 0 Å². The summed E-state index contributed by atoms with van der Waals surface area (Å²) in [6.45, 7) is 5.18. The van der Waals surface area contributed by atoms with Gasteiger partial charge in [0.25, 0.3) is 5.91 Å². The van der Waals surface area contributed by atoms with E-state index in [1.807, 2.05) is 6.92 Å². The first-order valence-corrected chi connectivity index (χ1v) is 8.36. The number of carbonyl (C=O) groups excluding carboxylic acids is 1. The first-order chi connectivity index (χ1) is 10.6. The number of hydrogen-bond acceptors (Lipinski definition) is 4. The molecule has 1 atom stereocenters. The van der Waals surface area contributed by atoms with Gasteiger partial charge in [0.05, 0.1) is 0 Å². The lowest BCUT2D eigenvalue weighted by atomic mass is 9.95. The van der Waals surface area contributed by atoms with Crippen LogP contribution >= 0.6 is 0 Å². The lowest BCUT2D eigenvalue weighted by Gasteiger charge is -2.22. The highest BCUT2D eigenvalue weighted by Crippen LogP contribution is 2.25. The molecule has 1 aromatic heterocycles. The second-order valence-electron chi connectivity index (χ2n) is 6.55. The topological polar surface area (TPSA) is 64.1 Å². The van der Waals surface area contributed by atoms with Crippen LogP contribution in [-0.2, 0) is 28.8 Å². The van der Waals surface area contributed by atoms with Crippen LogP contribution in [0.15, 0.2) is 0 Å². The molecule has 1 aromatic rings. The number of fused-ring (bicyclic) bond motifs is 1. The predicted molar refractivity (Wildman–Crippen MR) is 83.7 cm³/mol. The zero-order valence-corrected chi connectivity index (χ0v) is 13.6. The largest absolute Gasteiger partial charge is 0.365 e. The maximum absolute atomic E-state index is 12.2. The number of carbonyl (C=O) groups is 1. The van der Waals surface area contributed by atoms with Crippen molar-refractivity contribution in [1.29, 1.82) is 0 Å². The molecular formula is C17H25N3O2. The summed E-state index contributed by atoms with van der Waals surface area (Å²) in [5.74, 6) is 0.829. The molecule has 1 aliphatic heterocycles. The monoisotopic (exact) mass is 303 g/mol. The number of ether oxygens (including phenoxy) is 1. The Morgan fingerprint density at radius 2 is 2.09 bits per heavy atom. The third-order valence-electron chi connectivity index (χ3n) is 4.77. The van der Waals surface area contributed by atoms with Crippen molar-refractivity contribution in [2.24, 2.45) is 0 Å². The predicted octanol–water partition coefficient (Wildman–Crippen LogP) is 1.89. The average molecular weight is 303 g/mol. The van der Waals surface area contributed by atoms with Gasteiger partial charge in [0.2, 0.25) is 0 Å². The van der Waals surface area contributed by atoms with E-state index in [0.717, 1.165) is 37.2 Å². The normalized spacial score (nSPS) is 24.1. The number of nitrogens with zero attached hydrogens (tertiary/aromatic N) is 2. The van der Waals surface area contributed by atoms with Gasteiger partial charge >= 0.3 is 0 Å². The van der Waals surface area contributed by atoms with Gasteiger partial charge in [-0.1, -0.05) is 0 Å². The van der Waals surface area contributed by atoms with Crippen LogP contribution < -0.4 is 5.32 Å². The summed E-state index contributed by atoms with van der Waals surface area (Å²) in [5.41, 5.74) is 3.02. The van der Waals surface area contributed by atoms with Crippen molar-refractivity contribution in [1.82, 2.24) is 15.3 Å². The zero-order chi connectivity index (χ0) is 15.6. The highest BCUT2D eigenvalue weighted by Gasteiger charge is 2.37. The maximum Gasteiger partial charge on any atom is 0.251 e. The number of aromatic nitrogens is 2. The summed E-state index contributed by atoms with van der Waals surface area (Å²) in [6, 6.07) is 0. The minimum atomic E-state index is -0.646. The van der Waals surface area contributed by atoms with Gasteiger partial charge in [-0.3, -0.25) is 4.79 Å². The lowest BCUT2D eigenvalue weighted by Crippen LogP contribution is -2.44. The quantitative estimate of drug-likeness (QED) is 0.922. The van der Waals surface area contributed by atoms with Crippen molar-refractivity contribution >= 4 is 5.91 Å². The fourth-order valence-corrected chi connectivity index (χ4v) is 3.39. The minimum Gasteiger partial charge on any atom is -0.365 e. The lowest BCUT2D eigenvalue weighted by molar-refractivity contribution is -0.139. The Bertz CT molecular complexity index is 565. The van der Waals surface area contributed by atoms with Gasteiger partial charge in [0.15, 0.2) is 0 Å². The molecule has 1 N–H and O–H groups in total. The SMILES string of the molecule is Cc1nc(CCNC(=O)[C@]2(C)CCCO2)nc2c1CCCC2. The molecule has 5 heteroatoms. The third kappa shape index (κ3) is 3.14. The van der Waals surface area contributed by atoms with Gasteiger partial charge in [-0.05, 0) is 57.9 Å². The number of nitrogens with one attached hydrogen (secondary N) is 1. The van der Waals surface area contributed by atoms with E-state index in [4.69, 9.17) is 9.72 Å². The summed E-state index contributed by atoms with van der Waals surface area (Å²) >= 11 is 0. The van der Waals surface area contributed by atoms with Crippen molar-refractivity contribution in [3.05, 3.63) is 22.8 Å². The van der Waals surface area contributed by atoms with Crippen LogP contribution in [0, 0.1) is 6.92 Å². The average Bonchev–Trinajstić information content (AvgIpc) is 2.95. The van der Waals surface area contributed by atoms with E-state index in [-0.39, 0.29) is 5.91 Å². The molecule has 1 amide bonds. The highest BCUT2D eigenvalue weighted by atomic mass is 16.5. The fourth-order valence-electron chi connectivity index (χ4n) is 3.39. The van der Waals surface area contributed by atoms with Crippen LogP contribution in [0.3, 0.4) is 0 Å². The van der Waals surface area contributed by atoms with Crippen molar-refractivity contribution in [3.63, 3.8) is 0 Å². The summed E-state index contributed by atoms with van der Waals surface area (Å²) in [5, 5.41) is 2.97. The Balaban J connectivity index is 1.58. The maximum atomic E-state index is 12.2. The second-order valence-corrected chi connectivity index (χ2v) is 6.55. The number of rotatable bonds is 4. The minimum absolute atomic E-state index is 0.0142. The summed E-state index contributed by atoms with van der Waals surface area (Å²) in [7, 11) is 0. The smallest absolute Gasteiger partial charge is 0.251 e. The summed E-state index contributed by atoms with van der Waals surface area (Å²) in [6.07, 6.45) is 7.05. The van der Waals surface area contributed by atoms with E-state index in [2.05, 4.69) is 17.2 Å². The van der Waals surface area contributed by atoms with Gasteiger partial charge in [-0.25, -0.2) is 9.97 Å². The molecule has 0 unspecified atom stereocenters. The Labute approximate surface area is 131 Å². The molecular weight excluding hydrogens is 278 g/mol. The van der Waals surface area contributed by atoms with Gasteiger partial charge in [0, 0.05) is 31.0 Å². The molecule has 2 heterocycles. The standard InChI is InChI=1S/C17H25N3O2/c1-12-13-6-3-4-7-14(13)20-15(19-12)8-10-18-16(21)17(2)9-5-11-22-17/h3-11H2,1-2H3,(H,18,21)/t17-/m0/s1. The summed E-state index contributed by atoms with van der Waals surface area (Å²) < 4.78 is 5.56. The first-order valence-electron chi connectivity index (χ1n) is 8.36. The van der Waals surface area contributed by atoms with Crippen LogP contribution in [0.1, 0.15) is 55.4 Å². The Hall–Kier alpha value is -1.49. The van der Waals surface area contributed by atoms with Crippen molar-refractivity contribution < 1.29 is 9.53 Å². The molecule has 0 saturated carbocycles. The van der Waals surface area contributed by atoms with Crippen LogP contribution in [0.4, 0.5) is 0 Å². The van der Waals surface area contributed by atoms with Crippen molar-refractivity contribution in [2.45, 2.75) is 64.4 Å². The molecule has 0 aromatic carbocycles. The van der Waals surface area contributed by atoms with Gasteiger partial charge < -0.3 is 10.1 Å². The third-order valence-corrected chi connectivity index (χ3v) is 4.77. The Morgan fingerprint density at radius 3 is 2.86 bits per heavy atom. The van der Waals surface area contributed by atoms with E-state index in [1.165, 1.54) is 24.1 Å². The van der Waals surface area contributed by atoms with E-state index in [1.54, 1.807) is 0 Å². The summed E-state index contributed by atoms with van der Waals surface area (Å²) in [4.78, 5) is 21.5. The molecule has 2 aliphatic rings. The Kier molecular flexibility index (Phi) is 4.43. The molecule has 0 radical (unpaired) electrons. The molecule has 3 rings (SSSR count). The molecule has 120 valence electrons. The Morgan fingerprint density at radius 1 is 1.27 bits per heavy atom. The number of amides is 1. The van der Waals surface area contributed by atoms with Crippen molar-refractivity contribution in [3.8, 4) is 0 Å². The van der Waals surface area contributed by atoms with Crippen LogP contribution in [0.5, 0.6) is 0 Å². The molecule has 1 saturated heterocycles. The molecule has 22 heavy (non-hydrogen) atoms. The zero-order valence-electron chi connectivity index (χ0n) is 13.6. The van der Waals surface area contributed by atoms with Crippen molar-refractivity contribution in [2.75, 3.05) is 13.2 Å². The molecule has 0 spiro atoms. The fraction of sp³-hybridized carbons (Fsp3) is 0.706. The first kappa shape index (κ1) is 15.4. The van der Waals surface area contributed by atoms with Gasteiger partial charge in [-0.2, -0.15) is 0 Å². The van der Waals surface area contributed by atoms with E-state index >= 15 is 0 Å². The van der Waals surface area contributed by atoms with E-state index in [9.17, 15) is 4.79 Å². The molecule has 5 nitrogen and oxygen atoms in total. The number of aryl methyl sites for hydroxylation is 2. The van der Waals surface area contributed by atoms with Crippen LogP contribution in [0.25, 0.3) is 0 Å². The van der Waals surface area contributed by atoms with Crippen LogP contribution in [-0.4, -0.2) is 34.6 Å².